The van der Waals surface area contributed by atoms with E-state index in [1.807, 2.05) is 6.07 Å². The van der Waals surface area contributed by atoms with Crippen molar-refractivity contribution in [2.45, 2.75) is 45.9 Å². The van der Waals surface area contributed by atoms with E-state index in [0.29, 0.717) is 0 Å². The Morgan fingerprint density at radius 2 is 2.17 bits per heavy atom. The van der Waals surface area contributed by atoms with Crippen LogP contribution < -0.4 is 5.73 Å². The average Bonchev–Trinajstić information content (AvgIpc) is 2.20. The summed E-state index contributed by atoms with van der Waals surface area (Å²) in [5.41, 5.74) is 9.35. The first-order valence-electron chi connectivity index (χ1n) is 6.61. The van der Waals surface area contributed by atoms with Crippen LogP contribution in [0.25, 0.3) is 0 Å². The summed E-state index contributed by atoms with van der Waals surface area (Å²) in [6.07, 6.45) is 0.278. The lowest BCUT2D eigenvalue weighted by Crippen LogP contribution is -2.51. The third-order valence-corrected chi connectivity index (χ3v) is 3.33. The summed E-state index contributed by atoms with van der Waals surface area (Å²) in [4.78, 5) is 2.43. The largest absolute Gasteiger partial charge is 0.398 e. The quantitative estimate of drug-likeness (QED) is 0.818. The second-order valence-corrected chi connectivity index (χ2v) is 6.06. The van der Waals surface area contributed by atoms with Crippen LogP contribution in [0, 0.1) is 6.92 Å². The van der Waals surface area contributed by atoms with Gasteiger partial charge in [0.25, 0.3) is 0 Å². The molecule has 0 spiro atoms. The average molecular weight is 248 g/mol. The van der Waals surface area contributed by atoms with Crippen LogP contribution in [0.4, 0.5) is 5.69 Å². The van der Waals surface area contributed by atoms with Gasteiger partial charge in [0.1, 0.15) is 0 Å². The number of hydrogen-bond acceptors (Lipinski definition) is 3. The number of anilines is 1. The molecular weight excluding hydrogens is 224 g/mol. The van der Waals surface area contributed by atoms with Gasteiger partial charge in [0, 0.05) is 25.3 Å². The van der Waals surface area contributed by atoms with Crippen molar-refractivity contribution in [3.63, 3.8) is 0 Å². The standard InChI is InChI=1S/C15H24N2O/c1-11-5-6-14(16)13(7-11)9-17-8-12(2)18-15(3,4)10-17/h5-7,12H,8-10,16H2,1-4H3. The number of morpholine rings is 1. The Balaban J connectivity index is 2.11. The minimum absolute atomic E-state index is 0.0732. The highest BCUT2D eigenvalue weighted by Gasteiger charge is 2.31. The molecule has 1 fully saturated rings. The molecular formula is C15H24N2O. The first-order valence-corrected chi connectivity index (χ1v) is 6.61. The lowest BCUT2D eigenvalue weighted by molar-refractivity contribution is -0.130. The van der Waals surface area contributed by atoms with Gasteiger partial charge in [0.05, 0.1) is 11.7 Å². The molecule has 0 saturated carbocycles. The van der Waals surface area contributed by atoms with Crippen LogP contribution >= 0.6 is 0 Å². The highest BCUT2D eigenvalue weighted by Crippen LogP contribution is 2.24. The van der Waals surface area contributed by atoms with Crippen molar-refractivity contribution in [1.82, 2.24) is 4.90 Å². The van der Waals surface area contributed by atoms with Gasteiger partial charge in [0.15, 0.2) is 0 Å². The molecule has 1 unspecified atom stereocenters. The molecule has 0 bridgehead atoms. The van der Waals surface area contributed by atoms with Crippen molar-refractivity contribution < 1.29 is 4.74 Å². The van der Waals surface area contributed by atoms with Crippen molar-refractivity contribution in [2.75, 3.05) is 18.8 Å². The Bertz CT molecular complexity index is 429. The van der Waals surface area contributed by atoms with Crippen LogP contribution in [-0.2, 0) is 11.3 Å². The normalized spacial score (nSPS) is 24.1. The Morgan fingerprint density at radius 1 is 1.44 bits per heavy atom. The number of nitrogens with zero attached hydrogens (tertiary/aromatic N) is 1. The smallest absolute Gasteiger partial charge is 0.0757 e. The van der Waals surface area contributed by atoms with E-state index in [1.165, 1.54) is 11.1 Å². The van der Waals surface area contributed by atoms with E-state index in [0.717, 1.165) is 25.3 Å². The molecule has 0 aliphatic carbocycles. The molecule has 2 rings (SSSR count). The van der Waals surface area contributed by atoms with Crippen LogP contribution in [0.3, 0.4) is 0 Å². The van der Waals surface area contributed by atoms with Gasteiger partial charge < -0.3 is 10.5 Å². The minimum atomic E-state index is -0.0732. The van der Waals surface area contributed by atoms with E-state index in [1.54, 1.807) is 0 Å². The fourth-order valence-corrected chi connectivity index (χ4v) is 2.82. The summed E-state index contributed by atoms with van der Waals surface area (Å²) >= 11 is 0. The number of benzene rings is 1. The van der Waals surface area contributed by atoms with Crippen molar-refractivity contribution >= 4 is 5.69 Å². The number of hydrogen-bond donors (Lipinski definition) is 1. The fourth-order valence-electron chi connectivity index (χ4n) is 2.82. The van der Waals surface area contributed by atoms with Gasteiger partial charge in [-0.25, -0.2) is 0 Å². The molecule has 1 atom stereocenters. The highest BCUT2D eigenvalue weighted by atomic mass is 16.5. The van der Waals surface area contributed by atoms with E-state index < -0.39 is 0 Å². The summed E-state index contributed by atoms with van der Waals surface area (Å²) < 4.78 is 5.92. The molecule has 18 heavy (non-hydrogen) atoms. The third-order valence-electron chi connectivity index (χ3n) is 3.33. The van der Waals surface area contributed by atoms with E-state index in [-0.39, 0.29) is 11.7 Å². The molecule has 3 heteroatoms. The van der Waals surface area contributed by atoms with Gasteiger partial charge >= 0.3 is 0 Å². The van der Waals surface area contributed by atoms with Gasteiger partial charge in [-0.15, -0.1) is 0 Å². The number of ether oxygens (including phenoxy) is 1. The fraction of sp³-hybridized carbons (Fsp3) is 0.600. The summed E-state index contributed by atoms with van der Waals surface area (Å²) in [5.74, 6) is 0. The van der Waals surface area contributed by atoms with Crippen molar-refractivity contribution in [1.29, 1.82) is 0 Å². The van der Waals surface area contributed by atoms with Gasteiger partial charge in [-0.3, -0.25) is 4.90 Å². The molecule has 100 valence electrons. The number of rotatable bonds is 2. The van der Waals surface area contributed by atoms with Gasteiger partial charge in [-0.05, 0) is 39.3 Å². The second kappa shape index (κ2) is 4.90. The first-order chi connectivity index (χ1) is 8.35. The molecule has 1 saturated heterocycles. The third kappa shape index (κ3) is 3.24. The maximum Gasteiger partial charge on any atom is 0.0757 e. The maximum absolute atomic E-state index is 6.05. The van der Waals surface area contributed by atoms with Crippen LogP contribution in [0.1, 0.15) is 31.9 Å². The van der Waals surface area contributed by atoms with Crippen LogP contribution in [0.2, 0.25) is 0 Å². The summed E-state index contributed by atoms with van der Waals surface area (Å²) in [6.45, 7) is 11.4. The molecule has 0 amide bonds. The second-order valence-electron chi connectivity index (χ2n) is 6.06. The summed E-state index contributed by atoms with van der Waals surface area (Å²) in [5, 5.41) is 0. The summed E-state index contributed by atoms with van der Waals surface area (Å²) in [7, 11) is 0. The zero-order valence-corrected chi connectivity index (χ0v) is 11.9. The molecule has 1 aliphatic rings. The van der Waals surface area contributed by atoms with Crippen LogP contribution in [0.15, 0.2) is 18.2 Å². The van der Waals surface area contributed by atoms with Crippen LogP contribution in [0.5, 0.6) is 0 Å². The summed E-state index contributed by atoms with van der Waals surface area (Å²) in [6, 6.07) is 6.24. The van der Waals surface area contributed by atoms with Crippen molar-refractivity contribution in [3.8, 4) is 0 Å². The molecule has 0 radical (unpaired) electrons. The SMILES string of the molecule is Cc1ccc(N)c(CN2CC(C)OC(C)(C)C2)c1. The monoisotopic (exact) mass is 248 g/mol. The topological polar surface area (TPSA) is 38.5 Å². The predicted molar refractivity (Wildman–Crippen MR) is 75.5 cm³/mol. The molecule has 1 aromatic rings. The number of nitrogen functional groups attached to an aromatic ring is 1. The maximum atomic E-state index is 6.05. The Labute approximate surface area is 110 Å². The lowest BCUT2D eigenvalue weighted by atomic mass is 10.0. The van der Waals surface area contributed by atoms with Gasteiger partial charge in [0.2, 0.25) is 0 Å². The Kier molecular flexibility index (Phi) is 3.64. The molecule has 1 heterocycles. The zero-order chi connectivity index (χ0) is 13.3. The van der Waals surface area contributed by atoms with Gasteiger partial charge in [-0.1, -0.05) is 17.7 Å². The molecule has 0 aromatic heterocycles. The first kappa shape index (κ1) is 13.4. The predicted octanol–water partition coefficient (Wildman–Crippen LogP) is 2.58. The molecule has 3 nitrogen and oxygen atoms in total. The molecule has 2 N–H and O–H groups in total. The highest BCUT2D eigenvalue weighted by molar-refractivity contribution is 5.48. The van der Waals surface area contributed by atoms with Crippen LogP contribution in [-0.4, -0.2) is 29.7 Å². The molecule has 1 aromatic carbocycles. The molecule has 1 aliphatic heterocycles. The lowest BCUT2D eigenvalue weighted by Gasteiger charge is -2.41. The van der Waals surface area contributed by atoms with Crippen molar-refractivity contribution in [2.24, 2.45) is 0 Å². The van der Waals surface area contributed by atoms with E-state index in [4.69, 9.17) is 10.5 Å². The Morgan fingerprint density at radius 3 is 2.83 bits per heavy atom. The zero-order valence-electron chi connectivity index (χ0n) is 11.9. The number of aryl methyl sites for hydroxylation is 1. The Hall–Kier alpha value is -1.06. The van der Waals surface area contributed by atoms with Crippen molar-refractivity contribution in [3.05, 3.63) is 29.3 Å². The van der Waals surface area contributed by atoms with Gasteiger partial charge in [-0.2, -0.15) is 0 Å². The van der Waals surface area contributed by atoms with E-state index in [9.17, 15) is 0 Å². The number of nitrogens with two attached hydrogens (primary N) is 1. The minimum Gasteiger partial charge on any atom is -0.398 e. The van der Waals surface area contributed by atoms with E-state index in [2.05, 4.69) is 44.7 Å². The van der Waals surface area contributed by atoms with E-state index >= 15 is 0 Å².